The van der Waals surface area contributed by atoms with Crippen LogP contribution < -0.4 is 11.1 Å². The minimum atomic E-state index is -1.16. The highest BCUT2D eigenvalue weighted by molar-refractivity contribution is 6.01. The van der Waals surface area contributed by atoms with Crippen LogP contribution >= 0.6 is 0 Å². The largest absolute Gasteiger partial charge is 0.480 e. The van der Waals surface area contributed by atoms with Crippen molar-refractivity contribution in [1.29, 1.82) is 0 Å². The quantitative estimate of drug-likeness (QED) is 0.742. The van der Waals surface area contributed by atoms with Crippen LogP contribution in [0.5, 0.6) is 0 Å². The number of carbonyl (C=O) groups excluding carboxylic acids is 1. The van der Waals surface area contributed by atoms with Crippen molar-refractivity contribution < 1.29 is 14.7 Å². The Bertz CT molecular complexity index is 534. The third kappa shape index (κ3) is 3.17. The maximum Gasteiger partial charge on any atom is 0.329 e. The van der Waals surface area contributed by atoms with E-state index < -0.39 is 17.4 Å². The molecule has 2 rings (SSSR count). The number of carboxylic acids is 1. The minimum Gasteiger partial charge on any atom is -0.480 e. The van der Waals surface area contributed by atoms with E-state index in [-0.39, 0.29) is 0 Å². The van der Waals surface area contributed by atoms with Gasteiger partial charge in [0.1, 0.15) is 5.54 Å². The van der Waals surface area contributed by atoms with E-state index in [4.69, 9.17) is 5.73 Å². The number of benzene rings is 1. The normalized spacial score (nSPS) is 25.3. The second-order valence-electron chi connectivity index (χ2n) is 5.78. The Balaban J connectivity index is 2.16. The van der Waals surface area contributed by atoms with Crippen LogP contribution in [0, 0.1) is 5.92 Å². The van der Waals surface area contributed by atoms with Crippen LogP contribution in [0.2, 0.25) is 0 Å². The highest BCUT2D eigenvalue weighted by atomic mass is 16.4. The lowest BCUT2D eigenvalue weighted by molar-refractivity contribution is -0.146. The van der Waals surface area contributed by atoms with Crippen molar-refractivity contribution in [2.45, 2.75) is 44.6 Å². The zero-order chi connectivity index (χ0) is 15.5. The smallest absolute Gasteiger partial charge is 0.329 e. The highest BCUT2D eigenvalue weighted by Crippen LogP contribution is 2.34. The summed E-state index contributed by atoms with van der Waals surface area (Å²) in [6.07, 6.45) is 3.65. The third-order valence-electron chi connectivity index (χ3n) is 4.50. The van der Waals surface area contributed by atoms with E-state index >= 15 is 0 Å². The van der Waals surface area contributed by atoms with Crippen molar-refractivity contribution in [3.8, 4) is 0 Å². The standard InChI is InChI=1S/C16H22N2O3/c1-2-11-7-9-16(10-8-11,15(20)21)18-14(19)12-5-3-4-6-13(12)17/h3-6,11H,2,7-10,17H2,1H3,(H,18,19)(H,20,21). The van der Waals surface area contributed by atoms with Gasteiger partial charge in [-0.2, -0.15) is 0 Å². The molecule has 0 aliphatic heterocycles. The van der Waals surface area contributed by atoms with E-state index in [1.807, 2.05) is 0 Å². The summed E-state index contributed by atoms with van der Waals surface area (Å²) >= 11 is 0. The van der Waals surface area contributed by atoms with Gasteiger partial charge in [0.15, 0.2) is 0 Å². The first-order valence-corrected chi connectivity index (χ1v) is 7.39. The molecule has 21 heavy (non-hydrogen) atoms. The van der Waals surface area contributed by atoms with Gasteiger partial charge in [-0.25, -0.2) is 4.79 Å². The molecule has 1 saturated carbocycles. The molecule has 0 aromatic heterocycles. The van der Waals surface area contributed by atoms with Crippen LogP contribution in [0.3, 0.4) is 0 Å². The average Bonchev–Trinajstić information content (AvgIpc) is 2.48. The number of amides is 1. The van der Waals surface area contributed by atoms with Crippen LogP contribution in [0.4, 0.5) is 5.69 Å². The number of para-hydroxylation sites is 1. The molecular formula is C16H22N2O3. The monoisotopic (exact) mass is 290 g/mol. The van der Waals surface area contributed by atoms with Gasteiger partial charge in [-0.1, -0.05) is 25.5 Å². The summed E-state index contributed by atoms with van der Waals surface area (Å²) in [6.45, 7) is 2.11. The van der Waals surface area contributed by atoms with Gasteiger partial charge < -0.3 is 16.2 Å². The first-order valence-electron chi connectivity index (χ1n) is 7.39. The topological polar surface area (TPSA) is 92.4 Å². The van der Waals surface area contributed by atoms with Gasteiger partial charge in [-0.05, 0) is 43.7 Å². The number of carbonyl (C=O) groups is 2. The van der Waals surface area contributed by atoms with Crippen molar-refractivity contribution in [3.05, 3.63) is 29.8 Å². The van der Waals surface area contributed by atoms with E-state index in [2.05, 4.69) is 12.2 Å². The summed E-state index contributed by atoms with van der Waals surface area (Å²) in [5, 5.41) is 12.3. The van der Waals surface area contributed by atoms with Crippen LogP contribution in [-0.4, -0.2) is 22.5 Å². The predicted molar refractivity (Wildman–Crippen MR) is 80.9 cm³/mol. The Morgan fingerprint density at radius 1 is 1.33 bits per heavy atom. The van der Waals surface area contributed by atoms with Crippen LogP contribution in [0.25, 0.3) is 0 Å². The van der Waals surface area contributed by atoms with Gasteiger partial charge in [0.2, 0.25) is 0 Å². The van der Waals surface area contributed by atoms with Gasteiger partial charge >= 0.3 is 5.97 Å². The van der Waals surface area contributed by atoms with Gasteiger partial charge in [0.25, 0.3) is 5.91 Å². The van der Waals surface area contributed by atoms with E-state index in [1.165, 1.54) is 0 Å². The number of nitrogens with one attached hydrogen (secondary N) is 1. The zero-order valence-electron chi connectivity index (χ0n) is 12.3. The molecule has 5 nitrogen and oxygen atoms in total. The molecule has 4 N–H and O–H groups in total. The maximum atomic E-state index is 12.3. The molecule has 114 valence electrons. The summed E-state index contributed by atoms with van der Waals surface area (Å²) in [5.74, 6) is -0.818. The SMILES string of the molecule is CCC1CCC(NC(=O)c2ccccc2N)(C(=O)O)CC1. The van der Waals surface area contributed by atoms with Crippen LogP contribution in [0.1, 0.15) is 49.4 Å². The number of nitrogen functional groups attached to an aromatic ring is 1. The Hall–Kier alpha value is -2.04. The first-order chi connectivity index (χ1) is 9.98. The fourth-order valence-corrected chi connectivity index (χ4v) is 2.96. The molecule has 1 amide bonds. The third-order valence-corrected chi connectivity index (χ3v) is 4.50. The van der Waals surface area contributed by atoms with E-state index in [1.54, 1.807) is 24.3 Å². The first kappa shape index (κ1) is 15.4. The lowest BCUT2D eigenvalue weighted by atomic mass is 9.75. The fraction of sp³-hybridized carbons (Fsp3) is 0.500. The number of anilines is 1. The Morgan fingerprint density at radius 3 is 2.48 bits per heavy atom. The number of carboxylic acid groups (broad SMARTS) is 1. The van der Waals surface area contributed by atoms with E-state index in [9.17, 15) is 14.7 Å². The Labute approximate surface area is 124 Å². The molecule has 0 radical (unpaired) electrons. The molecular weight excluding hydrogens is 268 g/mol. The molecule has 0 unspecified atom stereocenters. The summed E-state index contributed by atoms with van der Waals surface area (Å²) in [6, 6.07) is 6.70. The molecule has 1 fully saturated rings. The van der Waals surface area contributed by atoms with Crippen molar-refractivity contribution in [1.82, 2.24) is 5.32 Å². The van der Waals surface area contributed by atoms with Crippen molar-refractivity contribution in [2.75, 3.05) is 5.73 Å². The summed E-state index contributed by atoms with van der Waals surface area (Å²) < 4.78 is 0. The number of rotatable bonds is 4. The van der Waals surface area contributed by atoms with Crippen LogP contribution in [-0.2, 0) is 4.79 Å². The molecule has 0 saturated heterocycles. The lowest BCUT2D eigenvalue weighted by Crippen LogP contribution is -2.56. The number of hydrogen-bond donors (Lipinski definition) is 3. The lowest BCUT2D eigenvalue weighted by Gasteiger charge is -2.37. The second-order valence-corrected chi connectivity index (χ2v) is 5.78. The molecule has 0 bridgehead atoms. The maximum absolute atomic E-state index is 12.3. The minimum absolute atomic E-state index is 0.329. The van der Waals surface area contributed by atoms with Gasteiger partial charge in [-0.15, -0.1) is 0 Å². The predicted octanol–water partition coefficient (Wildman–Crippen LogP) is 2.42. The highest BCUT2D eigenvalue weighted by Gasteiger charge is 2.43. The van der Waals surface area contributed by atoms with Gasteiger partial charge in [0, 0.05) is 5.69 Å². The molecule has 1 aromatic rings. The zero-order valence-corrected chi connectivity index (χ0v) is 12.3. The van der Waals surface area contributed by atoms with Gasteiger partial charge in [0.05, 0.1) is 5.56 Å². The molecule has 5 heteroatoms. The number of aliphatic carboxylic acids is 1. The summed E-state index contributed by atoms with van der Waals surface area (Å²) in [5.41, 5.74) is 5.31. The molecule has 1 aliphatic rings. The van der Waals surface area contributed by atoms with E-state index in [0.717, 1.165) is 19.3 Å². The van der Waals surface area contributed by atoms with Crippen molar-refractivity contribution in [2.24, 2.45) is 5.92 Å². The summed E-state index contributed by atoms with van der Waals surface area (Å²) in [4.78, 5) is 24.0. The molecule has 0 heterocycles. The van der Waals surface area contributed by atoms with E-state index in [0.29, 0.717) is 30.0 Å². The molecule has 0 spiro atoms. The Morgan fingerprint density at radius 2 is 1.95 bits per heavy atom. The number of hydrogen-bond acceptors (Lipinski definition) is 3. The van der Waals surface area contributed by atoms with Crippen LogP contribution in [0.15, 0.2) is 24.3 Å². The molecule has 1 aromatic carbocycles. The second kappa shape index (κ2) is 6.16. The average molecular weight is 290 g/mol. The Kier molecular flexibility index (Phi) is 4.50. The fourth-order valence-electron chi connectivity index (χ4n) is 2.96. The molecule has 1 aliphatic carbocycles. The van der Waals surface area contributed by atoms with Crippen molar-refractivity contribution >= 4 is 17.6 Å². The molecule has 0 atom stereocenters. The summed E-state index contributed by atoms with van der Waals surface area (Å²) in [7, 11) is 0. The van der Waals surface area contributed by atoms with Gasteiger partial charge in [-0.3, -0.25) is 4.79 Å². The number of nitrogens with two attached hydrogens (primary N) is 1. The van der Waals surface area contributed by atoms with Crippen molar-refractivity contribution in [3.63, 3.8) is 0 Å².